The van der Waals surface area contributed by atoms with Gasteiger partial charge in [-0.3, -0.25) is 0 Å². The molecule has 7 heteroatoms. The number of carbonyl (C=O) groups is 2. The first kappa shape index (κ1) is 22.4. The van der Waals surface area contributed by atoms with E-state index in [2.05, 4.69) is 17.5 Å². The molecule has 1 heterocycles. The van der Waals surface area contributed by atoms with Crippen molar-refractivity contribution in [3.05, 3.63) is 23.3 Å². The lowest BCUT2D eigenvalue weighted by atomic mass is 10.0. The summed E-state index contributed by atoms with van der Waals surface area (Å²) in [5, 5.41) is 0. The van der Waals surface area contributed by atoms with Crippen LogP contribution in [0.1, 0.15) is 57.5 Å². The Morgan fingerprint density at radius 3 is 1.96 bits per heavy atom. The van der Waals surface area contributed by atoms with Crippen molar-refractivity contribution in [3.63, 3.8) is 0 Å². The van der Waals surface area contributed by atoms with E-state index in [-0.39, 0.29) is 12.1 Å². The number of hydrogen-bond acceptors (Lipinski definition) is 6. The van der Waals surface area contributed by atoms with Gasteiger partial charge in [-0.15, -0.1) is 12.6 Å². The minimum Gasteiger partial charge on any atom is -0.456 e. The Hall–Kier alpha value is -1.89. The average molecular weight is 409 g/mol. The second kappa shape index (κ2) is 8.23. The topological polar surface area (TPSA) is 59.1 Å². The van der Waals surface area contributed by atoms with E-state index in [1.807, 2.05) is 54.5 Å². The Morgan fingerprint density at radius 1 is 0.929 bits per heavy atom. The van der Waals surface area contributed by atoms with Gasteiger partial charge in [-0.25, -0.2) is 9.59 Å². The maximum absolute atomic E-state index is 12.6. The Balaban J connectivity index is 2.15. The summed E-state index contributed by atoms with van der Waals surface area (Å²) in [6.45, 7) is 15.5. The lowest BCUT2D eigenvalue weighted by molar-refractivity contribution is 0.00680. The highest BCUT2D eigenvalue weighted by atomic mass is 32.1. The van der Waals surface area contributed by atoms with Gasteiger partial charge in [-0.1, -0.05) is 0 Å². The molecule has 2 rings (SSSR count). The summed E-state index contributed by atoms with van der Waals surface area (Å²) in [6, 6.07) is 3.70. The molecule has 0 aromatic heterocycles. The van der Waals surface area contributed by atoms with Crippen LogP contribution in [0.25, 0.3) is 0 Å². The lowest BCUT2D eigenvalue weighted by Crippen LogP contribution is -2.50. The quantitative estimate of drug-likeness (QED) is 0.584. The van der Waals surface area contributed by atoms with Gasteiger partial charge < -0.3 is 19.3 Å². The summed E-state index contributed by atoms with van der Waals surface area (Å²) >= 11 is 4.47. The number of ether oxygens (including phenoxy) is 2. The Labute approximate surface area is 173 Å². The monoisotopic (exact) mass is 408 g/mol. The molecule has 1 saturated heterocycles. The van der Waals surface area contributed by atoms with E-state index in [9.17, 15) is 9.59 Å². The van der Waals surface area contributed by atoms with Gasteiger partial charge in [-0.2, -0.15) is 0 Å². The average Bonchev–Trinajstić information content (AvgIpc) is 2.53. The fourth-order valence-corrected chi connectivity index (χ4v) is 3.27. The summed E-state index contributed by atoms with van der Waals surface area (Å²) in [7, 11) is 0. The smallest absolute Gasteiger partial charge is 0.410 e. The van der Waals surface area contributed by atoms with Crippen LogP contribution in [0.3, 0.4) is 0 Å². The van der Waals surface area contributed by atoms with Crippen LogP contribution in [0, 0.1) is 6.92 Å². The molecule has 0 radical (unpaired) electrons. The third-order valence-corrected chi connectivity index (χ3v) is 4.51. The van der Waals surface area contributed by atoms with Crippen LogP contribution >= 0.6 is 12.6 Å². The van der Waals surface area contributed by atoms with Gasteiger partial charge in [0.25, 0.3) is 0 Å². The van der Waals surface area contributed by atoms with Crippen molar-refractivity contribution < 1.29 is 19.1 Å². The zero-order chi connectivity index (χ0) is 21.3. The van der Waals surface area contributed by atoms with E-state index in [1.165, 1.54) is 0 Å². The number of rotatable bonds is 2. The molecule has 0 unspecified atom stereocenters. The van der Waals surface area contributed by atoms with Crippen molar-refractivity contribution >= 4 is 30.4 Å². The summed E-state index contributed by atoms with van der Waals surface area (Å²) in [5.74, 6) is -0.352. The second-order valence-electron chi connectivity index (χ2n) is 9.09. The first-order chi connectivity index (χ1) is 12.8. The van der Waals surface area contributed by atoms with Crippen LogP contribution in [-0.4, -0.2) is 54.3 Å². The maximum Gasteiger partial charge on any atom is 0.410 e. The second-order valence-corrected chi connectivity index (χ2v) is 9.61. The van der Waals surface area contributed by atoms with Gasteiger partial charge in [0.2, 0.25) is 0 Å². The molecule has 1 aromatic carbocycles. The first-order valence-electron chi connectivity index (χ1n) is 9.57. The number of carbonyl (C=O) groups excluding carboxylic acids is 2. The number of anilines is 1. The molecule has 6 nitrogen and oxygen atoms in total. The highest BCUT2D eigenvalue weighted by Crippen LogP contribution is 2.29. The number of hydrogen-bond donors (Lipinski definition) is 1. The molecule has 1 aliphatic rings. The van der Waals surface area contributed by atoms with Crippen molar-refractivity contribution in [1.29, 1.82) is 0 Å². The molecular weight excluding hydrogens is 376 g/mol. The summed E-state index contributed by atoms with van der Waals surface area (Å²) in [6.07, 6.45) is -0.290. The predicted octanol–water partition coefficient (Wildman–Crippen LogP) is 4.30. The Morgan fingerprint density at radius 2 is 1.46 bits per heavy atom. The first-order valence-corrected chi connectivity index (χ1v) is 10.0. The van der Waals surface area contributed by atoms with Crippen LogP contribution < -0.4 is 4.90 Å². The highest BCUT2D eigenvalue weighted by Gasteiger charge is 2.28. The molecule has 28 heavy (non-hydrogen) atoms. The van der Waals surface area contributed by atoms with E-state index >= 15 is 0 Å². The van der Waals surface area contributed by atoms with E-state index in [0.717, 1.165) is 11.3 Å². The van der Waals surface area contributed by atoms with Crippen molar-refractivity contribution in [1.82, 2.24) is 4.90 Å². The zero-order valence-corrected chi connectivity index (χ0v) is 18.9. The largest absolute Gasteiger partial charge is 0.456 e. The molecular formula is C21H32N2O4S. The molecule has 0 N–H and O–H groups in total. The third-order valence-electron chi connectivity index (χ3n) is 4.26. The van der Waals surface area contributed by atoms with Gasteiger partial charge in [0.1, 0.15) is 11.2 Å². The van der Waals surface area contributed by atoms with Crippen molar-refractivity contribution in [2.24, 2.45) is 0 Å². The molecule has 0 spiro atoms. The predicted molar refractivity (Wildman–Crippen MR) is 114 cm³/mol. The van der Waals surface area contributed by atoms with Gasteiger partial charge >= 0.3 is 12.1 Å². The van der Waals surface area contributed by atoms with Gasteiger partial charge in [-0.05, 0) is 66.2 Å². The van der Waals surface area contributed by atoms with Gasteiger partial charge in [0.15, 0.2) is 0 Å². The fourth-order valence-electron chi connectivity index (χ4n) is 3.01. The van der Waals surface area contributed by atoms with Crippen molar-refractivity contribution in [2.45, 2.75) is 64.6 Å². The minimum absolute atomic E-state index is 0.290. The molecule has 0 aliphatic carbocycles. The lowest BCUT2D eigenvalue weighted by Gasteiger charge is -2.37. The van der Waals surface area contributed by atoms with E-state index in [4.69, 9.17) is 9.47 Å². The fraction of sp³-hybridized carbons (Fsp3) is 0.619. The molecule has 1 fully saturated rings. The minimum atomic E-state index is -0.560. The zero-order valence-electron chi connectivity index (χ0n) is 18.0. The van der Waals surface area contributed by atoms with E-state index in [1.54, 1.807) is 11.0 Å². The normalized spacial score (nSPS) is 15.4. The number of amides is 1. The summed E-state index contributed by atoms with van der Waals surface area (Å²) in [4.78, 5) is 29.5. The molecule has 0 saturated carbocycles. The van der Waals surface area contributed by atoms with Crippen LogP contribution in [-0.2, 0) is 9.47 Å². The van der Waals surface area contributed by atoms with Gasteiger partial charge in [0, 0.05) is 36.8 Å². The molecule has 1 amide bonds. The molecule has 1 aromatic rings. The number of esters is 1. The van der Waals surface area contributed by atoms with Crippen LogP contribution in [0.5, 0.6) is 0 Å². The Bertz CT molecular complexity index is 742. The van der Waals surface area contributed by atoms with Crippen molar-refractivity contribution in [3.8, 4) is 0 Å². The molecule has 1 aliphatic heterocycles. The van der Waals surface area contributed by atoms with E-state index < -0.39 is 11.2 Å². The van der Waals surface area contributed by atoms with Crippen LogP contribution in [0.2, 0.25) is 0 Å². The third kappa shape index (κ3) is 6.06. The summed E-state index contributed by atoms with van der Waals surface area (Å²) < 4.78 is 11.0. The maximum atomic E-state index is 12.6. The molecule has 0 atom stereocenters. The number of thiol groups is 1. The number of nitrogens with zero attached hydrogens (tertiary/aromatic N) is 2. The van der Waals surface area contributed by atoms with E-state index in [0.29, 0.717) is 36.6 Å². The van der Waals surface area contributed by atoms with Gasteiger partial charge in [0.05, 0.1) is 5.56 Å². The van der Waals surface area contributed by atoms with Crippen LogP contribution in [0.4, 0.5) is 10.5 Å². The number of piperazine rings is 1. The Kier molecular flexibility index (Phi) is 6.58. The van der Waals surface area contributed by atoms with Crippen LogP contribution in [0.15, 0.2) is 17.0 Å². The SMILES string of the molecule is Cc1c(C(=O)OC(C)(C)C)cc(S)cc1N1CCN(C(=O)OC(C)(C)C)CC1. The molecule has 0 bridgehead atoms. The molecule has 156 valence electrons. The summed E-state index contributed by atoms with van der Waals surface area (Å²) in [5.41, 5.74) is 1.25. The van der Waals surface area contributed by atoms with Crippen molar-refractivity contribution in [2.75, 3.05) is 31.1 Å². The number of benzene rings is 1. The highest BCUT2D eigenvalue weighted by molar-refractivity contribution is 7.80. The standard InChI is InChI=1S/C21H32N2O4S/c1-14-16(18(24)26-20(2,3)4)12-15(28)13-17(14)22-8-10-23(11-9-22)19(25)27-21(5,6)7/h12-13,28H,8-11H2,1-7H3.